The Balaban J connectivity index is 1.99. The number of rotatable bonds is 4. The summed E-state index contributed by atoms with van der Waals surface area (Å²) < 4.78 is 5.79. The topological polar surface area (TPSA) is 9.23 Å². The molecule has 88 valence electrons. The molecule has 0 saturated carbocycles. The van der Waals surface area contributed by atoms with Gasteiger partial charge in [0.05, 0.1) is 0 Å². The number of ether oxygens (including phenoxy) is 1. The Hall–Kier alpha value is -1.76. The highest BCUT2D eigenvalue weighted by molar-refractivity contribution is 5.31. The average molecular weight is 226 g/mol. The van der Waals surface area contributed by atoms with Crippen LogP contribution in [0.1, 0.15) is 18.9 Å². The average Bonchev–Trinajstić information content (AvgIpc) is 2.40. The number of benzene rings is 1. The van der Waals surface area contributed by atoms with Gasteiger partial charge in [-0.05, 0) is 48.6 Å². The molecule has 1 atom stereocenters. The van der Waals surface area contributed by atoms with Crippen LogP contribution in [0.5, 0.6) is 5.75 Å². The number of allylic oxidation sites excluding steroid dienone is 4. The first kappa shape index (κ1) is 11.7. The summed E-state index contributed by atoms with van der Waals surface area (Å²) in [6.07, 6.45) is 10.2. The third-order valence-electron chi connectivity index (χ3n) is 2.97. The minimum Gasteiger partial charge on any atom is -0.458 e. The Kier molecular flexibility index (Phi) is 3.81. The summed E-state index contributed by atoms with van der Waals surface area (Å²) in [5.74, 6) is 2.27. The van der Waals surface area contributed by atoms with Crippen LogP contribution in [0.3, 0.4) is 0 Å². The number of aryl methyl sites for hydroxylation is 1. The van der Waals surface area contributed by atoms with Gasteiger partial charge in [-0.25, -0.2) is 0 Å². The Bertz CT molecular complexity index is 437. The zero-order chi connectivity index (χ0) is 12.1. The molecular formula is C16H18O. The van der Waals surface area contributed by atoms with E-state index < -0.39 is 0 Å². The van der Waals surface area contributed by atoms with Crippen LogP contribution < -0.4 is 4.74 Å². The van der Waals surface area contributed by atoms with Crippen LogP contribution in [0.2, 0.25) is 0 Å². The summed E-state index contributed by atoms with van der Waals surface area (Å²) in [6, 6.07) is 8.25. The van der Waals surface area contributed by atoms with Gasteiger partial charge in [0.2, 0.25) is 0 Å². The van der Waals surface area contributed by atoms with Gasteiger partial charge in [0, 0.05) is 0 Å². The predicted molar refractivity (Wildman–Crippen MR) is 72.0 cm³/mol. The lowest BCUT2D eigenvalue weighted by Crippen LogP contribution is -2.00. The minimum atomic E-state index is 0.449. The fraction of sp³-hybridized carbons (Fsp3) is 0.250. The molecule has 2 rings (SSSR count). The smallest absolute Gasteiger partial charge is 0.127 e. The maximum atomic E-state index is 5.79. The number of hydrogen-bond donors (Lipinski definition) is 0. The molecule has 0 saturated heterocycles. The molecule has 0 N–H and O–H groups in total. The summed E-state index contributed by atoms with van der Waals surface area (Å²) in [4.78, 5) is 0. The molecule has 0 amide bonds. The third kappa shape index (κ3) is 3.10. The second kappa shape index (κ2) is 5.53. The molecule has 1 nitrogen and oxygen atoms in total. The standard InChI is InChI=1S/C16H18O/c1-3-13-5-9-15(10-6-13)17-16-11-7-14(4-2)8-12-16/h3,5,7-13H,1,4,6H2,2H3. The lowest BCUT2D eigenvalue weighted by molar-refractivity contribution is 0.436. The molecule has 17 heavy (non-hydrogen) atoms. The van der Waals surface area contributed by atoms with Gasteiger partial charge in [0.25, 0.3) is 0 Å². The van der Waals surface area contributed by atoms with E-state index in [0.29, 0.717) is 5.92 Å². The van der Waals surface area contributed by atoms with Crippen molar-refractivity contribution < 1.29 is 4.74 Å². The van der Waals surface area contributed by atoms with Crippen molar-refractivity contribution >= 4 is 0 Å². The molecule has 1 aromatic carbocycles. The molecule has 0 aliphatic heterocycles. The fourth-order valence-electron chi connectivity index (χ4n) is 1.80. The van der Waals surface area contributed by atoms with Gasteiger partial charge in [-0.1, -0.05) is 31.2 Å². The molecule has 0 heterocycles. The second-order valence-corrected chi connectivity index (χ2v) is 4.20. The van der Waals surface area contributed by atoms with Gasteiger partial charge in [0.1, 0.15) is 11.5 Å². The largest absolute Gasteiger partial charge is 0.458 e. The van der Waals surface area contributed by atoms with E-state index in [0.717, 1.165) is 24.4 Å². The van der Waals surface area contributed by atoms with Crippen molar-refractivity contribution in [2.45, 2.75) is 19.8 Å². The monoisotopic (exact) mass is 226 g/mol. The summed E-state index contributed by atoms with van der Waals surface area (Å²) in [5.41, 5.74) is 1.33. The lowest BCUT2D eigenvalue weighted by atomic mass is 10.0. The summed E-state index contributed by atoms with van der Waals surface area (Å²) in [7, 11) is 0. The molecule has 0 spiro atoms. The van der Waals surface area contributed by atoms with Gasteiger partial charge in [-0.3, -0.25) is 0 Å². The fourth-order valence-corrected chi connectivity index (χ4v) is 1.80. The molecule has 0 fully saturated rings. The molecule has 1 aliphatic carbocycles. The van der Waals surface area contributed by atoms with E-state index in [2.05, 4.69) is 37.8 Å². The molecule has 0 aromatic heterocycles. The Labute approximate surface area is 103 Å². The van der Waals surface area contributed by atoms with Crippen LogP contribution in [0, 0.1) is 5.92 Å². The van der Waals surface area contributed by atoms with Crippen LogP contribution in [-0.4, -0.2) is 0 Å². The minimum absolute atomic E-state index is 0.449. The summed E-state index contributed by atoms with van der Waals surface area (Å²) in [5, 5.41) is 0. The van der Waals surface area contributed by atoms with Crippen LogP contribution in [0.15, 0.2) is 60.9 Å². The van der Waals surface area contributed by atoms with E-state index in [4.69, 9.17) is 4.74 Å². The normalized spacial score (nSPS) is 18.6. The van der Waals surface area contributed by atoms with Gasteiger partial charge in [0.15, 0.2) is 0 Å². The summed E-state index contributed by atoms with van der Waals surface area (Å²) >= 11 is 0. The molecule has 1 aliphatic rings. The quantitative estimate of drug-likeness (QED) is 0.696. The molecule has 0 radical (unpaired) electrons. The Morgan fingerprint density at radius 1 is 1.35 bits per heavy atom. The van der Waals surface area contributed by atoms with Crippen LogP contribution >= 0.6 is 0 Å². The van der Waals surface area contributed by atoms with E-state index in [1.165, 1.54) is 5.56 Å². The summed E-state index contributed by atoms with van der Waals surface area (Å²) in [6.45, 7) is 5.94. The second-order valence-electron chi connectivity index (χ2n) is 4.20. The highest BCUT2D eigenvalue weighted by Crippen LogP contribution is 2.21. The van der Waals surface area contributed by atoms with Crippen LogP contribution in [-0.2, 0) is 6.42 Å². The first-order valence-corrected chi connectivity index (χ1v) is 6.09. The van der Waals surface area contributed by atoms with Crippen molar-refractivity contribution in [3.8, 4) is 5.75 Å². The predicted octanol–water partition coefficient (Wildman–Crippen LogP) is 4.27. The van der Waals surface area contributed by atoms with Crippen molar-refractivity contribution in [1.29, 1.82) is 0 Å². The third-order valence-corrected chi connectivity index (χ3v) is 2.97. The lowest BCUT2D eigenvalue weighted by Gasteiger charge is -2.13. The van der Waals surface area contributed by atoms with Gasteiger partial charge < -0.3 is 4.74 Å². The van der Waals surface area contributed by atoms with Crippen molar-refractivity contribution in [2.24, 2.45) is 5.92 Å². The van der Waals surface area contributed by atoms with Crippen LogP contribution in [0.25, 0.3) is 0 Å². The van der Waals surface area contributed by atoms with Gasteiger partial charge in [-0.2, -0.15) is 0 Å². The SMILES string of the molecule is C=CC1C=CC(Oc2ccc(CC)cc2)=CC1. The zero-order valence-corrected chi connectivity index (χ0v) is 10.2. The van der Waals surface area contributed by atoms with E-state index >= 15 is 0 Å². The molecule has 1 heteroatoms. The maximum Gasteiger partial charge on any atom is 0.127 e. The molecule has 1 aromatic rings. The van der Waals surface area contributed by atoms with Crippen molar-refractivity contribution in [3.63, 3.8) is 0 Å². The zero-order valence-electron chi connectivity index (χ0n) is 10.2. The van der Waals surface area contributed by atoms with Gasteiger partial charge in [-0.15, -0.1) is 6.58 Å². The number of hydrogen-bond acceptors (Lipinski definition) is 1. The van der Waals surface area contributed by atoms with Crippen molar-refractivity contribution in [2.75, 3.05) is 0 Å². The van der Waals surface area contributed by atoms with E-state index in [1.807, 2.05) is 24.3 Å². The van der Waals surface area contributed by atoms with Crippen molar-refractivity contribution in [1.82, 2.24) is 0 Å². The first-order valence-electron chi connectivity index (χ1n) is 6.09. The Morgan fingerprint density at radius 2 is 2.12 bits per heavy atom. The van der Waals surface area contributed by atoms with Crippen molar-refractivity contribution in [3.05, 3.63) is 66.5 Å². The Morgan fingerprint density at radius 3 is 2.65 bits per heavy atom. The van der Waals surface area contributed by atoms with E-state index in [1.54, 1.807) is 0 Å². The van der Waals surface area contributed by atoms with E-state index in [9.17, 15) is 0 Å². The van der Waals surface area contributed by atoms with Gasteiger partial charge >= 0.3 is 0 Å². The highest BCUT2D eigenvalue weighted by atomic mass is 16.5. The molecule has 0 bridgehead atoms. The first-order chi connectivity index (χ1) is 8.31. The highest BCUT2D eigenvalue weighted by Gasteiger charge is 2.06. The molecular weight excluding hydrogens is 208 g/mol. The molecule has 1 unspecified atom stereocenters. The maximum absolute atomic E-state index is 5.79. The van der Waals surface area contributed by atoms with Crippen LogP contribution in [0.4, 0.5) is 0 Å². The van der Waals surface area contributed by atoms with E-state index in [-0.39, 0.29) is 0 Å².